The Kier molecular flexibility index (Phi) is 4.55. The number of halogens is 1. The van der Waals surface area contributed by atoms with Crippen molar-refractivity contribution in [3.63, 3.8) is 0 Å². The fraction of sp³-hybridized carbons (Fsp3) is 0.250. The van der Waals surface area contributed by atoms with Gasteiger partial charge in [-0.05, 0) is 54.4 Å². The second-order valence-electron chi connectivity index (χ2n) is 4.47. The first-order valence-corrected chi connectivity index (χ1v) is 7.40. The van der Waals surface area contributed by atoms with E-state index in [9.17, 15) is 4.79 Å². The predicted octanol–water partition coefficient (Wildman–Crippen LogP) is 4.29. The topological polar surface area (TPSA) is 34.9 Å². The highest BCUT2D eigenvalue weighted by molar-refractivity contribution is 9.10. The molecule has 0 aliphatic carbocycles. The van der Waals surface area contributed by atoms with Crippen molar-refractivity contribution in [3.8, 4) is 0 Å². The molecular weight excluding hydrogens is 316 g/mol. The van der Waals surface area contributed by atoms with E-state index in [1.165, 1.54) is 0 Å². The van der Waals surface area contributed by atoms with Crippen LogP contribution in [-0.2, 0) is 0 Å². The zero-order valence-corrected chi connectivity index (χ0v) is 13.4. The zero-order chi connectivity index (χ0) is 14.7. The lowest BCUT2D eigenvalue weighted by molar-refractivity contribution is 0.914. The number of hydrogen-bond acceptors (Lipinski definition) is 2. The maximum Gasteiger partial charge on any atom is 0.267 e. The molecule has 2 rings (SSSR count). The molecular formula is C16H17BrN2O. The average Bonchev–Trinajstić information content (AvgIpc) is 2.38. The van der Waals surface area contributed by atoms with E-state index in [0.29, 0.717) is 11.2 Å². The third kappa shape index (κ3) is 2.61. The molecule has 0 atom stereocenters. The van der Waals surface area contributed by atoms with Gasteiger partial charge in [0.1, 0.15) is 5.82 Å². The molecule has 1 heterocycles. The summed E-state index contributed by atoms with van der Waals surface area (Å²) in [5.74, 6) is 0.693. The van der Waals surface area contributed by atoms with Crippen LogP contribution in [0.1, 0.15) is 26.1 Å². The van der Waals surface area contributed by atoms with Crippen molar-refractivity contribution in [1.29, 1.82) is 0 Å². The first-order valence-electron chi connectivity index (χ1n) is 6.61. The van der Waals surface area contributed by atoms with Crippen LogP contribution in [0.5, 0.6) is 0 Å². The van der Waals surface area contributed by atoms with Gasteiger partial charge < -0.3 is 0 Å². The van der Waals surface area contributed by atoms with Crippen LogP contribution in [0.25, 0.3) is 16.6 Å². The van der Waals surface area contributed by atoms with Gasteiger partial charge in [-0.1, -0.05) is 25.1 Å². The molecule has 0 aliphatic heterocycles. The summed E-state index contributed by atoms with van der Waals surface area (Å²) in [5.41, 5.74) is 1.54. The minimum Gasteiger partial charge on any atom is -0.268 e. The van der Waals surface area contributed by atoms with E-state index in [1.54, 1.807) is 4.57 Å². The predicted molar refractivity (Wildman–Crippen MR) is 87.8 cm³/mol. The molecule has 0 N–H and O–H groups in total. The lowest BCUT2D eigenvalue weighted by Crippen LogP contribution is -2.23. The van der Waals surface area contributed by atoms with Gasteiger partial charge in [0.2, 0.25) is 0 Å². The second-order valence-corrected chi connectivity index (χ2v) is 5.33. The number of aryl methyl sites for hydroxylation is 1. The van der Waals surface area contributed by atoms with Crippen molar-refractivity contribution in [1.82, 2.24) is 9.55 Å². The van der Waals surface area contributed by atoms with Gasteiger partial charge >= 0.3 is 0 Å². The Morgan fingerprint density at radius 1 is 1.45 bits per heavy atom. The number of aromatic nitrogens is 2. The van der Waals surface area contributed by atoms with Crippen molar-refractivity contribution in [2.75, 3.05) is 0 Å². The molecule has 0 spiro atoms. The molecule has 0 saturated carbocycles. The Balaban J connectivity index is 2.87. The molecule has 0 saturated heterocycles. The fourth-order valence-electron chi connectivity index (χ4n) is 2.22. The van der Waals surface area contributed by atoms with Crippen molar-refractivity contribution in [3.05, 3.63) is 57.1 Å². The highest BCUT2D eigenvalue weighted by atomic mass is 79.9. The summed E-state index contributed by atoms with van der Waals surface area (Å²) in [6.07, 6.45) is 6.75. The van der Waals surface area contributed by atoms with Gasteiger partial charge in [0.05, 0.1) is 10.9 Å². The van der Waals surface area contributed by atoms with Gasteiger partial charge in [-0.15, -0.1) is 0 Å². The molecule has 20 heavy (non-hydrogen) atoms. The molecule has 4 heteroatoms. The quantitative estimate of drug-likeness (QED) is 0.785. The van der Waals surface area contributed by atoms with E-state index in [2.05, 4.69) is 20.9 Å². The van der Waals surface area contributed by atoms with Gasteiger partial charge in [0, 0.05) is 10.2 Å². The van der Waals surface area contributed by atoms with Gasteiger partial charge in [0.25, 0.3) is 5.56 Å². The zero-order valence-electron chi connectivity index (χ0n) is 11.9. The Morgan fingerprint density at radius 3 is 2.85 bits per heavy atom. The molecule has 104 valence electrons. The third-order valence-corrected chi connectivity index (χ3v) is 3.68. The minimum absolute atomic E-state index is 0.0437. The van der Waals surface area contributed by atoms with E-state index in [0.717, 1.165) is 22.1 Å². The SMILES string of the molecule is C/C=C\C(=C/CC)n1c(C)nc2cccc(Br)c2c1=O. The van der Waals surface area contributed by atoms with Gasteiger partial charge in [0.15, 0.2) is 0 Å². The van der Waals surface area contributed by atoms with E-state index >= 15 is 0 Å². The van der Waals surface area contributed by atoms with Crippen LogP contribution in [0.3, 0.4) is 0 Å². The summed E-state index contributed by atoms with van der Waals surface area (Å²) in [7, 11) is 0. The fourth-order valence-corrected chi connectivity index (χ4v) is 2.74. The molecule has 1 aromatic heterocycles. The summed E-state index contributed by atoms with van der Waals surface area (Å²) in [6.45, 7) is 5.84. The van der Waals surface area contributed by atoms with Crippen molar-refractivity contribution >= 4 is 32.5 Å². The standard InChI is InChI=1S/C16H17BrN2O/c1-4-7-12(8-5-2)19-11(3)18-14-10-6-9-13(17)15(14)16(19)20/h4,6-10H,5H2,1-3H3/b7-4-,12-8+. The first kappa shape index (κ1) is 14.7. The molecule has 1 aromatic carbocycles. The molecule has 0 radical (unpaired) electrons. The van der Waals surface area contributed by atoms with E-state index < -0.39 is 0 Å². The minimum atomic E-state index is -0.0437. The first-order chi connectivity index (χ1) is 9.60. The van der Waals surface area contributed by atoms with E-state index in [1.807, 2.05) is 57.2 Å². The second kappa shape index (κ2) is 6.18. The van der Waals surface area contributed by atoms with Gasteiger partial charge in [-0.2, -0.15) is 0 Å². The molecule has 0 amide bonds. The number of nitrogens with zero attached hydrogens (tertiary/aromatic N) is 2. The summed E-state index contributed by atoms with van der Waals surface area (Å²) >= 11 is 3.44. The smallest absolute Gasteiger partial charge is 0.267 e. The third-order valence-electron chi connectivity index (χ3n) is 3.02. The average molecular weight is 333 g/mol. The lowest BCUT2D eigenvalue weighted by Gasteiger charge is -2.12. The summed E-state index contributed by atoms with van der Waals surface area (Å²) in [6, 6.07) is 5.61. The number of allylic oxidation sites excluding steroid dienone is 4. The maximum atomic E-state index is 12.8. The number of rotatable bonds is 3. The molecule has 0 fully saturated rings. The maximum absolute atomic E-state index is 12.8. The summed E-state index contributed by atoms with van der Waals surface area (Å²) in [5, 5.41) is 0.615. The van der Waals surface area contributed by atoms with Crippen LogP contribution in [0, 0.1) is 6.92 Å². The van der Waals surface area contributed by atoms with Crippen molar-refractivity contribution in [2.24, 2.45) is 0 Å². The van der Waals surface area contributed by atoms with Crippen molar-refractivity contribution in [2.45, 2.75) is 27.2 Å². The Morgan fingerprint density at radius 2 is 2.20 bits per heavy atom. The lowest BCUT2D eigenvalue weighted by atomic mass is 10.2. The molecule has 0 unspecified atom stereocenters. The Labute approximate surface area is 126 Å². The highest BCUT2D eigenvalue weighted by Crippen LogP contribution is 2.20. The van der Waals surface area contributed by atoms with Crippen LogP contribution < -0.4 is 5.56 Å². The molecule has 3 nitrogen and oxygen atoms in total. The largest absolute Gasteiger partial charge is 0.268 e. The summed E-state index contributed by atoms with van der Waals surface area (Å²) in [4.78, 5) is 17.3. The number of fused-ring (bicyclic) bond motifs is 1. The van der Waals surface area contributed by atoms with Crippen LogP contribution in [0.15, 0.2) is 45.7 Å². The van der Waals surface area contributed by atoms with Crippen LogP contribution in [-0.4, -0.2) is 9.55 Å². The Hall–Kier alpha value is -1.68. The van der Waals surface area contributed by atoms with Gasteiger partial charge in [-0.25, -0.2) is 4.98 Å². The van der Waals surface area contributed by atoms with Crippen LogP contribution >= 0.6 is 15.9 Å². The van der Waals surface area contributed by atoms with Crippen LogP contribution in [0.4, 0.5) is 0 Å². The number of hydrogen-bond donors (Lipinski definition) is 0. The highest BCUT2D eigenvalue weighted by Gasteiger charge is 2.12. The molecule has 0 aliphatic rings. The molecule has 0 bridgehead atoms. The number of benzene rings is 1. The molecule has 2 aromatic rings. The van der Waals surface area contributed by atoms with Crippen LogP contribution in [0.2, 0.25) is 0 Å². The van der Waals surface area contributed by atoms with Crippen molar-refractivity contribution < 1.29 is 0 Å². The van der Waals surface area contributed by atoms with E-state index in [4.69, 9.17) is 0 Å². The monoisotopic (exact) mass is 332 g/mol. The Bertz CT molecular complexity index is 757. The van der Waals surface area contributed by atoms with E-state index in [-0.39, 0.29) is 5.56 Å². The normalized spacial score (nSPS) is 12.5. The van der Waals surface area contributed by atoms with Gasteiger partial charge in [-0.3, -0.25) is 9.36 Å². The summed E-state index contributed by atoms with van der Waals surface area (Å²) < 4.78 is 2.44.